The van der Waals surface area contributed by atoms with Crippen LogP contribution in [0.1, 0.15) is 36.2 Å². The van der Waals surface area contributed by atoms with Gasteiger partial charge in [0.2, 0.25) is 0 Å². The maximum Gasteiger partial charge on any atom is 0.251 e. The smallest absolute Gasteiger partial charge is 0.251 e. The third-order valence-corrected chi connectivity index (χ3v) is 2.39. The lowest BCUT2D eigenvalue weighted by molar-refractivity contribution is 0.0953. The van der Waals surface area contributed by atoms with Gasteiger partial charge in [0.1, 0.15) is 0 Å². The fourth-order valence-corrected chi connectivity index (χ4v) is 1.57. The summed E-state index contributed by atoms with van der Waals surface area (Å²) in [5, 5.41) is 6.11. The quantitative estimate of drug-likeness (QED) is 0.800. The lowest BCUT2D eigenvalue weighted by Gasteiger charge is -2.09. The highest BCUT2D eigenvalue weighted by molar-refractivity contribution is 5.96. The van der Waals surface area contributed by atoms with Crippen LogP contribution in [0.3, 0.4) is 0 Å². The van der Waals surface area contributed by atoms with E-state index < -0.39 is 0 Å². The van der Waals surface area contributed by atoms with Crippen LogP contribution in [0.5, 0.6) is 0 Å². The van der Waals surface area contributed by atoms with Crippen molar-refractivity contribution in [2.45, 2.75) is 27.2 Å². The number of carbonyl (C=O) groups is 1. The van der Waals surface area contributed by atoms with Crippen molar-refractivity contribution in [3.05, 3.63) is 29.3 Å². The van der Waals surface area contributed by atoms with E-state index in [-0.39, 0.29) is 5.91 Å². The lowest BCUT2D eigenvalue weighted by atomic mass is 10.1. The highest BCUT2D eigenvalue weighted by Gasteiger charge is 2.07. The first-order chi connectivity index (χ1) is 7.69. The lowest BCUT2D eigenvalue weighted by Crippen LogP contribution is -2.24. The predicted octanol–water partition coefficient (Wildman–Crippen LogP) is 2.57. The Morgan fingerprint density at radius 3 is 2.62 bits per heavy atom. The van der Waals surface area contributed by atoms with Crippen molar-refractivity contribution in [2.24, 2.45) is 0 Å². The van der Waals surface area contributed by atoms with E-state index in [2.05, 4.69) is 17.6 Å². The first-order valence-corrected chi connectivity index (χ1v) is 5.81. The summed E-state index contributed by atoms with van der Waals surface area (Å²) in [6.07, 6.45) is 0.959. The van der Waals surface area contributed by atoms with Gasteiger partial charge in [0.05, 0.1) is 0 Å². The molecule has 0 saturated heterocycles. The van der Waals surface area contributed by atoms with Crippen molar-refractivity contribution in [2.75, 3.05) is 18.4 Å². The molecule has 3 nitrogen and oxygen atoms in total. The Balaban J connectivity index is 2.77. The third kappa shape index (κ3) is 3.26. The van der Waals surface area contributed by atoms with Crippen LogP contribution in [0.4, 0.5) is 5.69 Å². The second-order valence-electron chi connectivity index (χ2n) is 3.82. The van der Waals surface area contributed by atoms with Crippen molar-refractivity contribution in [3.8, 4) is 0 Å². The maximum atomic E-state index is 11.8. The molecular weight excluding hydrogens is 200 g/mol. The summed E-state index contributed by atoms with van der Waals surface area (Å²) in [5.41, 5.74) is 2.83. The van der Waals surface area contributed by atoms with Gasteiger partial charge >= 0.3 is 0 Å². The summed E-state index contributed by atoms with van der Waals surface area (Å²) in [5.74, 6) is 0.0161. The predicted molar refractivity (Wildman–Crippen MR) is 68.0 cm³/mol. The van der Waals surface area contributed by atoms with Crippen LogP contribution in [0.2, 0.25) is 0 Å². The molecule has 1 aromatic rings. The first-order valence-electron chi connectivity index (χ1n) is 5.81. The van der Waals surface area contributed by atoms with Crippen LogP contribution >= 0.6 is 0 Å². The molecule has 0 heterocycles. The molecule has 0 unspecified atom stereocenters. The molecule has 0 aliphatic carbocycles. The second kappa shape index (κ2) is 6.16. The minimum absolute atomic E-state index is 0.0161. The van der Waals surface area contributed by atoms with Crippen LogP contribution in [-0.2, 0) is 0 Å². The summed E-state index contributed by atoms with van der Waals surface area (Å²) in [6, 6.07) is 5.82. The normalized spacial score (nSPS) is 9.94. The van der Waals surface area contributed by atoms with E-state index in [4.69, 9.17) is 0 Å². The maximum absolute atomic E-state index is 11.8. The molecule has 0 bridgehead atoms. The van der Waals surface area contributed by atoms with E-state index in [9.17, 15) is 4.79 Å². The van der Waals surface area contributed by atoms with Crippen molar-refractivity contribution in [1.29, 1.82) is 0 Å². The van der Waals surface area contributed by atoms with Crippen LogP contribution in [-0.4, -0.2) is 19.0 Å². The molecule has 3 heteroatoms. The Labute approximate surface area is 97.2 Å². The van der Waals surface area contributed by atoms with E-state index in [0.717, 1.165) is 36.3 Å². The first kappa shape index (κ1) is 12.6. The Morgan fingerprint density at radius 2 is 2.06 bits per heavy atom. The average Bonchev–Trinajstić information content (AvgIpc) is 2.26. The molecule has 2 N–H and O–H groups in total. The zero-order chi connectivity index (χ0) is 12.0. The van der Waals surface area contributed by atoms with Gasteiger partial charge in [-0.2, -0.15) is 0 Å². The number of nitrogens with one attached hydrogen (secondary N) is 2. The number of rotatable bonds is 5. The molecule has 88 valence electrons. The van der Waals surface area contributed by atoms with Gasteiger partial charge in [-0.1, -0.05) is 6.92 Å². The zero-order valence-corrected chi connectivity index (χ0v) is 10.3. The van der Waals surface area contributed by atoms with E-state index in [0.29, 0.717) is 0 Å². The minimum atomic E-state index is 0.0161. The number of carbonyl (C=O) groups excluding carboxylic acids is 1. The van der Waals surface area contributed by atoms with Crippen molar-refractivity contribution < 1.29 is 4.79 Å². The third-order valence-electron chi connectivity index (χ3n) is 2.39. The average molecular weight is 220 g/mol. The topological polar surface area (TPSA) is 41.1 Å². The fraction of sp³-hybridized carbons (Fsp3) is 0.462. The van der Waals surface area contributed by atoms with Gasteiger partial charge in [-0.25, -0.2) is 0 Å². The van der Waals surface area contributed by atoms with Crippen molar-refractivity contribution >= 4 is 11.6 Å². The number of hydrogen-bond acceptors (Lipinski definition) is 2. The van der Waals surface area contributed by atoms with E-state index >= 15 is 0 Å². The molecule has 1 rings (SSSR count). The molecule has 0 aliphatic rings. The van der Waals surface area contributed by atoms with Gasteiger partial charge in [-0.3, -0.25) is 4.79 Å². The van der Waals surface area contributed by atoms with Crippen molar-refractivity contribution in [1.82, 2.24) is 5.32 Å². The van der Waals surface area contributed by atoms with Crippen molar-refractivity contribution in [3.63, 3.8) is 0 Å². The molecule has 0 atom stereocenters. The van der Waals surface area contributed by atoms with Gasteiger partial charge in [0, 0.05) is 24.3 Å². The molecule has 1 aromatic carbocycles. The highest BCUT2D eigenvalue weighted by Crippen LogP contribution is 2.14. The SMILES string of the molecule is CCCNC(=O)c1ccc(NCC)cc1C. The molecule has 0 saturated carbocycles. The molecule has 0 radical (unpaired) electrons. The second-order valence-corrected chi connectivity index (χ2v) is 3.82. The molecular formula is C13H20N2O. The monoisotopic (exact) mass is 220 g/mol. The summed E-state index contributed by atoms with van der Waals surface area (Å²) in [6.45, 7) is 7.67. The molecule has 16 heavy (non-hydrogen) atoms. The Hall–Kier alpha value is -1.51. The van der Waals surface area contributed by atoms with Gasteiger partial charge in [0.15, 0.2) is 0 Å². The molecule has 0 fully saturated rings. The van der Waals surface area contributed by atoms with E-state index in [1.165, 1.54) is 0 Å². The Morgan fingerprint density at radius 1 is 1.31 bits per heavy atom. The summed E-state index contributed by atoms with van der Waals surface area (Å²) >= 11 is 0. The zero-order valence-electron chi connectivity index (χ0n) is 10.3. The number of hydrogen-bond donors (Lipinski definition) is 2. The molecule has 0 spiro atoms. The van der Waals surface area contributed by atoms with Crippen LogP contribution in [0.15, 0.2) is 18.2 Å². The largest absolute Gasteiger partial charge is 0.385 e. The Bertz CT molecular complexity index is 361. The number of amides is 1. The van der Waals surface area contributed by atoms with Crippen LogP contribution < -0.4 is 10.6 Å². The Kier molecular flexibility index (Phi) is 4.83. The van der Waals surface area contributed by atoms with Gasteiger partial charge in [0.25, 0.3) is 5.91 Å². The van der Waals surface area contributed by atoms with E-state index in [1.807, 2.05) is 32.0 Å². The summed E-state index contributed by atoms with van der Waals surface area (Å²) < 4.78 is 0. The standard InChI is InChI=1S/C13H20N2O/c1-4-8-15-13(16)12-7-6-11(14-5-2)9-10(12)3/h6-7,9,14H,4-5,8H2,1-3H3,(H,15,16). The van der Waals surface area contributed by atoms with Gasteiger partial charge < -0.3 is 10.6 Å². The molecule has 0 aromatic heterocycles. The fourth-order valence-electron chi connectivity index (χ4n) is 1.57. The summed E-state index contributed by atoms with van der Waals surface area (Å²) in [4.78, 5) is 11.8. The minimum Gasteiger partial charge on any atom is -0.385 e. The molecule has 0 aliphatic heterocycles. The number of anilines is 1. The van der Waals surface area contributed by atoms with Gasteiger partial charge in [-0.15, -0.1) is 0 Å². The number of aryl methyl sites for hydroxylation is 1. The van der Waals surface area contributed by atoms with Gasteiger partial charge in [-0.05, 0) is 44.0 Å². The van der Waals surface area contributed by atoms with Crippen LogP contribution in [0.25, 0.3) is 0 Å². The van der Waals surface area contributed by atoms with E-state index in [1.54, 1.807) is 0 Å². The number of benzene rings is 1. The highest BCUT2D eigenvalue weighted by atomic mass is 16.1. The molecule has 1 amide bonds. The summed E-state index contributed by atoms with van der Waals surface area (Å²) in [7, 11) is 0. The van der Waals surface area contributed by atoms with Crippen LogP contribution in [0, 0.1) is 6.92 Å².